The van der Waals surface area contributed by atoms with Crippen LogP contribution in [0.4, 0.5) is 10.5 Å². The molecule has 16 heteroatoms. The van der Waals surface area contributed by atoms with Gasteiger partial charge in [0, 0.05) is 30.3 Å². The zero-order valence-corrected chi connectivity index (χ0v) is 28.7. The van der Waals surface area contributed by atoms with E-state index < -0.39 is 35.8 Å². The van der Waals surface area contributed by atoms with Crippen LogP contribution in [0.25, 0.3) is 0 Å². The number of hydrogen-bond acceptors (Lipinski definition) is 9. The molecule has 1 atom stereocenters. The third-order valence-electron chi connectivity index (χ3n) is 5.72. The molecule has 0 saturated carbocycles. The normalized spacial score (nSPS) is 10.8. The zero-order chi connectivity index (χ0) is 36.7. The fraction of sp³-hybridized carbons (Fsp3) is 0.581. The Morgan fingerprint density at radius 3 is 1.89 bits per heavy atom. The largest absolute Gasteiger partial charge is 0.478 e. The van der Waals surface area contributed by atoms with Crippen LogP contribution in [0, 0.1) is 11.8 Å². The topological polar surface area (TPSA) is 261 Å². The molecule has 0 aliphatic carbocycles. The minimum absolute atomic E-state index is 0.0627. The van der Waals surface area contributed by atoms with Crippen LogP contribution < -0.4 is 38.1 Å². The molecule has 0 spiro atoms. The third kappa shape index (κ3) is 22.4. The predicted molar refractivity (Wildman–Crippen MR) is 177 cm³/mol. The number of aromatic carboxylic acids is 1. The van der Waals surface area contributed by atoms with Gasteiger partial charge in [-0.15, -0.1) is 0 Å². The van der Waals surface area contributed by atoms with Crippen molar-refractivity contribution in [2.75, 3.05) is 25.0 Å². The second kappa shape index (κ2) is 24.5. The summed E-state index contributed by atoms with van der Waals surface area (Å²) in [5, 5.41) is 22.5. The van der Waals surface area contributed by atoms with Gasteiger partial charge >= 0.3 is 18.0 Å². The molecule has 1 rings (SSSR count). The summed E-state index contributed by atoms with van der Waals surface area (Å²) in [6, 6.07) is 3.02. The van der Waals surface area contributed by atoms with Crippen molar-refractivity contribution < 1.29 is 43.4 Å². The molecule has 266 valence electrons. The van der Waals surface area contributed by atoms with E-state index in [4.69, 9.17) is 10.5 Å². The third-order valence-corrected chi connectivity index (χ3v) is 5.72. The van der Waals surface area contributed by atoms with Crippen LogP contribution in [0.5, 0.6) is 0 Å². The van der Waals surface area contributed by atoms with E-state index in [1.807, 2.05) is 20.8 Å². The zero-order valence-electron chi connectivity index (χ0n) is 28.7. The maximum absolute atomic E-state index is 12.5. The van der Waals surface area contributed by atoms with Crippen LogP contribution in [0.2, 0.25) is 0 Å². The van der Waals surface area contributed by atoms with Gasteiger partial charge in [0.15, 0.2) is 0 Å². The van der Waals surface area contributed by atoms with Crippen LogP contribution in [0.3, 0.4) is 0 Å². The van der Waals surface area contributed by atoms with Gasteiger partial charge in [0.25, 0.3) is 0 Å². The van der Waals surface area contributed by atoms with E-state index in [1.165, 1.54) is 18.2 Å². The molecule has 6 amide bonds. The number of ether oxygens (including phenoxy) is 1. The average molecular weight is 668 g/mol. The Kier molecular flexibility index (Phi) is 23.1. The van der Waals surface area contributed by atoms with E-state index >= 15 is 0 Å². The Bertz CT molecular complexity index is 1190. The first-order chi connectivity index (χ1) is 21.9. The number of amides is 6. The summed E-state index contributed by atoms with van der Waals surface area (Å²) in [5.41, 5.74) is 9.74. The maximum Gasteiger partial charge on any atom is 0.336 e. The lowest BCUT2D eigenvalue weighted by Crippen LogP contribution is -2.52. The number of anilines is 1. The van der Waals surface area contributed by atoms with Crippen molar-refractivity contribution in [3.63, 3.8) is 0 Å². The Morgan fingerprint density at radius 1 is 0.872 bits per heavy atom. The molecule has 0 saturated heterocycles. The van der Waals surface area contributed by atoms with E-state index in [0.29, 0.717) is 13.0 Å². The summed E-state index contributed by atoms with van der Waals surface area (Å²) in [6.45, 7) is 14.5. The summed E-state index contributed by atoms with van der Waals surface area (Å²) in [6.07, 6.45) is 1.38. The van der Waals surface area contributed by atoms with Crippen molar-refractivity contribution in [3.05, 3.63) is 29.3 Å². The molecular formula is C31H53N7O9. The molecule has 0 fully saturated rings. The monoisotopic (exact) mass is 667 g/mol. The van der Waals surface area contributed by atoms with Gasteiger partial charge in [0.2, 0.25) is 23.6 Å². The summed E-state index contributed by atoms with van der Waals surface area (Å²) >= 11 is 0. The van der Waals surface area contributed by atoms with Gasteiger partial charge in [0.05, 0.1) is 24.6 Å². The first kappa shape index (κ1) is 44.4. The van der Waals surface area contributed by atoms with Gasteiger partial charge in [-0.2, -0.15) is 0 Å². The van der Waals surface area contributed by atoms with Gasteiger partial charge in [-0.1, -0.05) is 61.5 Å². The van der Waals surface area contributed by atoms with Crippen LogP contribution in [-0.2, 0) is 35.3 Å². The van der Waals surface area contributed by atoms with Crippen LogP contribution in [0.1, 0.15) is 84.2 Å². The number of carbonyl (C=O) groups excluding carboxylic acids is 6. The summed E-state index contributed by atoms with van der Waals surface area (Å²) in [4.78, 5) is 79.7. The van der Waals surface area contributed by atoms with E-state index in [9.17, 15) is 38.7 Å². The van der Waals surface area contributed by atoms with Crippen molar-refractivity contribution >= 4 is 47.3 Å². The molecule has 1 unspecified atom stereocenters. The summed E-state index contributed by atoms with van der Waals surface area (Å²) < 4.78 is 5.09. The van der Waals surface area contributed by atoms with Crippen molar-refractivity contribution in [2.24, 2.45) is 23.3 Å². The smallest absolute Gasteiger partial charge is 0.336 e. The molecule has 1 aromatic carbocycles. The second-order valence-corrected chi connectivity index (χ2v) is 11.1. The number of carboxylic acids is 1. The number of benzene rings is 1. The van der Waals surface area contributed by atoms with Gasteiger partial charge in [-0.3, -0.25) is 24.0 Å². The SMILES string of the molecule is CC(C)NCC(=O)NC(C(=O)NCC(=O)Nc1ccc(COC(=O)C(C)C)c(C(=O)O)c1)C(C)C.CCC(N)=O.CCCNC(N)=O. The lowest BCUT2D eigenvalue weighted by atomic mass is 10.0. The highest BCUT2D eigenvalue weighted by atomic mass is 16.5. The number of carbonyl (C=O) groups is 7. The summed E-state index contributed by atoms with van der Waals surface area (Å²) in [5.74, 6) is -3.93. The number of nitrogens with two attached hydrogens (primary N) is 2. The van der Waals surface area contributed by atoms with Crippen LogP contribution in [0.15, 0.2) is 18.2 Å². The van der Waals surface area contributed by atoms with Gasteiger partial charge in [-0.05, 0) is 24.5 Å². The average Bonchev–Trinajstić information content (AvgIpc) is 2.99. The van der Waals surface area contributed by atoms with Crippen LogP contribution in [-0.4, -0.2) is 78.4 Å². The molecule has 10 N–H and O–H groups in total. The van der Waals surface area contributed by atoms with Crippen molar-refractivity contribution in [2.45, 2.75) is 86.9 Å². The number of urea groups is 1. The predicted octanol–water partition coefficient (Wildman–Crippen LogP) is 1.22. The van der Waals surface area contributed by atoms with Crippen molar-refractivity contribution in [1.29, 1.82) is 0 Å². The quantitative estimate of drug-likeness (QED) is 0.117. The first-order valence-corrected chi connectivity index (χ1v) is 15.3. The fourth-order valence-electron chi connectivity index (χ4n) is 3.08. The van der Waals surface area contributed by atoms with Crippen molar-refractivity contribution in [3.8, 4) is 0 Å². The van der Waals surface area contributed by atoms with Crippen LogP contribution >= 0.6 is 0 Å². The lowest BCUT2D eigenvalue weighted by Gasteiger charge is -2.22. The molecule has 1 aromatic rings. The molecule has 0 aromatic heterocycles. The van der Waals surface area contributed by atoms with Crippen molar-refractivity contribution in [1.82, 2.24) is 21.3 Å². The van der Waals surface area contributed by atoms with E-state index in [0.717, 1.165) is 6.42 Å². The number of esters is 1. The minimum atomic E-state index is -1.24. The summed E-state index contributed by atoms with van der Waals surface area (Å²) in [7, 11) is 0. The standard InChI is InChI=1S/C24H36N4O7.C4H10N2O.C3H7NO/c1-13(2)21(28-20(30)10-25-15(5)6)22(31)26-11-19(29)27-17-8-7-16(18(9-17)23(32)33)12-35-24(34)14(3)4;1-2-3-6-4(5)7;1-2-3(4)5/h7-9,13-15,21,25H,10-12H2,1-6H3,(H,26,31)(H,27,29)(H,28,30)(H,32,33);2-3H2,1H3,(H3,5,6,7);2H2,1H3,(H2,4,5). The highest BCUT2D eigenvalue weighted by molar-refractivity contribution is 5.98. The Balaban J connectivity index is 0. The highest BCUT2D eigenvalue weighted by Gasteiger charge is 2.24. The lowest BCUT2D eigenvalue weighted by molar-refractivity contribution is -0.148. The Morgan fingerprint density at radius 2 is 1.47 bits per heavy atom. The highest BCUT2D eigenvalue weighted by Crippen LogP contribution is 2.18. The first-order valence-electron chi connectivity index (χ1n) is 15.3. The molecule has 16 nitrogen and oxygen atoms in total. The molecule has 0 radical (unpaired) electrons. The second-order valence-electron chi connectivity index (χ2n) is 11.1. The molecular weight excluding hydrogens is 614 g/mol. The van der Waals surface area contributed by atoms with E-state index in [1.54, 1.807) is 34.6 Å². The molecule has 0 heterocycles. The number of carboxylic acid groups (broad SMARTS) is 1. The number of rotatable bonds is 16. The Hall–Kier alpha value is -4.73. The Labute approximate surface area is 276 Å². The number of hydrogen-bond donors (Lipinski definition) is 8. The van der Waals surface area contributed by atoms with E-state index in [2.05, 4.69) is 32.3 Å². The van der Waals surface area contributed by atoms with E-state index in [-0.39, 0.29) is 66.2 Å². The molecule has 0 aliphatic rings. The molecule has 0 aliphatic heterocycles. The minimum Gasteiger partial charge on any atom is -0.478 e. The van der Waals surface area contributed by atoms with Gasteiger partial charge in [-0.25, -0.2) is 9.59 Å². The number of primary amides is 2. The maximum atomic E-state index is 12.5. The number of nitrogens with one attached hydrogen (secondary N) is 5. The van der Waals surface area contributed by atoms with Gasteiger partial charge < -0.3 is 47.9 Å². The van der Waals surface area contributed by atoms with Gasteiger partial charge in [0.1, 0.15) is 12.6 Å². The fourth-order valence-corrected chi connectivity index (χ4v) is 3.08. The molecule has 47 heavy (non-hydrogen) atoms. The molecule has 0 bridgehead atoms.